The van der Waals surface area contributed by atoms with Crippen LogP contribution in [0.15, 0.2) is 199 Å². The van der Waals surface area contributed by atoms with Gasteiger partial charge >= 0.3 is 0 Å². The van der Waals surface area contributed by atoms with Gasteiger partial charge in [0.25, 0.3) is 0 Å². The molecule has 0 saturated carbocycles. The minimum absolute atomic E-state index is 0.0653. The van der Waals surface area contributed by atoms with Gasteiger partial charge < -0.3 is 13.3 Å². The van der Waals surface area contributed by atoms with E-state index in [2.05, 4.69) is 72.8 Å². The number of rotatable bonds is 5. The van der Waals surface area contributed by atoms with Crippen LogP contribution in [0, 0.1) is 5.41 Å². The molecule has 11 aromatic rings. The molecule has 0 amide bonds. The first-order chi connectivity index (χ1) is 28.1. The lowest BCUT2D eigenvalue weighted by Crippen LogP contribution is -2.05. The summed E-state index contributed by atoms with van der Waals surface area (Å²) in [6, 6.07) is 58.8. The van der Waals surface area contributed by atoms with E-state index in [1.165, 1.54) is 0 Å². The highest BCUT2D eigenvalue weighted by Crippen LogP contribution is 2.38. The van der Waals surface area contributed by atoms with Crippen LogP contribution in [-0.4, -0.2) is 17.9 Å². The number of para-hydroxylation sites is 3. The maximum Gasteiger partial charge on any atom is 0.161 e. The van der Waals surface area contributed by atoms with Gasteiger partial charge in [0.15, 0.2) is 11.7 Å². The van der Waals surface area contributed by atoms with E-state index in [-0.39, 0.29) is 5.84 Å². The highest BCUT2D eigenvalue weighted by Gasteiger charge is 2.16. The number of furan rings is 3. The van der Waals surface area contributed by atoms with Crippen LogP contribution in [0.2, 0.25) is 0 Å². The average Bonchev–Trinajstić information content (AvgIpc) is 3.96. The number of benzene rings is 8. The summed E-state index contributed by atoms with van der Waals surface area (Å²) in [4.78, 5) is 9.86. The van der Waals surface area contributed by atoms with E-state index in [0.717, 1.165) is 93.6 Å². The van der Waals surface area contributed by atoms with E-state index in [4.69, 9.17) is 23.2 Å². The van der Waals surface area contributed by atoms with Gasteiger partial charge in [-0.15, -0.1) is 0 Å². The summed E-state index contributed by atoms with van der Waals surface area (Å²) in [6.45, 7) is 0. The predicted octanol–water partition coefficient (Wildman–Crippen LogP) is 13.6. The van der Waals surface area contributed by atoms with Crippen LogP contribution in [0.25, 0.3) is 88.1 Å². The normalized spacial score (nSPS) is 12.3. The van der Waals surface area contributed by atoms with Crippen molar-refractivity contribution in [1.82, 2.24) is 0 Å². The summed E-state index contributed by atoms with van der Waals surface area (Å²) in [5.41, 5.74) is 11.2. The van der Waals surface area contributed by atoms with Crippen LogP contribution in [0.1, 0.15) is 16.7 Å². The summed E-state index contributed by atoms with van der Waals surface area (Å²) in [7, 11) is 0. The zero-order valence-corrected chi connectivity index (χ0v) is 30.4. The molecule has 57 heavy (non-hydrogen) atoms. The first-order valence-corrected chi connectivity index (χ1v) is 18.8. The maximum absolute atomic E-state index is 9.22. The van der Waals surface area contributed by atoms with Crippen molar-refractivity contribution < 1.29 is 13.3 Å². The summed E-state index contributed by atoms with van der Waals surface area (Å²) in [5, 5.41) is 15.5. The first kappa shape index (κ1) is 32.6. The molecular weight excluding hydrogens is 703 g/mol. The van der Waals surface area contributed by atoms with Gasteiger partial charge in [-0.25, -0.2) is 9.98 Å². The largest absolute Gasteiger partial charge is 0.456 e. The molecule has 6 heteroatoms. The molecule has 8 aromatic carbocycles. The molecule has 1 N–H and O–H groups in total. The standard InChI is InChI=1S/C51H31N3O3/c52-50(34-24-26-40-38-15-4-6-20-43(38)55-47(40)29-34)54-51(35-14-8-13-33(28-35)37-18-9-19-41-39-16-5-7-21-44(39)57-49(37)41)53-30-31-23-25-42-46(27-31)56-45-22-10-17-36(48(42)45)32-11-2-1-3-12-32/h1-30,52H. The molecule has 0 aliphatic carbocycles. The monoisotopic (exact) mass is 733 g/mol. The van der Waals surface area contributed by atoms with Crippen LogP contribution in [-0.2, 0) is 0 Å². The smallest absolute Gasteiger partial charge is 0.161 e. The first-order valence-electron chi connectivity index (χ1n) is 18.8. The van der Waals surface area contributed by atoms with Crippen molar-refractivity contribution >= 4 is 83.7 Å². The van der Waals surface area contributed by atoms with Crippen LogP contribution in [0.4, 0.5) is 0 Å². The van der Waals surface area contributed by atoms with E-state index < -0.39 is 0 Å². The van der Waals surface area contributed by atoms with Gasteiger partial charge in [-0.2, -0.15) is 0 Å². The molecule has 6 nitrogen and oxygen atoms in total. The highest BCUT2D eigenvalue weighted by atomic mass is 16.3. The zero-order valence-electron chi connectivity index (χ0n) is 30.4. The van der Waals surface area contributed by atoms with Crippen molar-refractivity contribution in [1.29, 1.82) is 5.41 Å². The van der Waals surface area contributed by atoms with Crippen LogP contribution < -0.4 is 0 Å². The van der Waals surface area contributed by atoms with Gasteiger partial charge in [0.05, 0.1) is 0 Å². The van der Waals surface area contributed by atoms with Crippen molar-refractivity contribution in [2.75, 3.05) is 0 Å². The number of hydrogen-bond donors (Lipinski definition) is 1. The number of fused-ring (bicyclic) bond motifs is 9. The molecule has 0 bridgehead atoms. The Kier molecular flexibility index (Phi) is 7.54. The Bertz CT molecular complexity index is 3440. The minimum Gasteiger partial charge on any atom is -0.456 e. The van der Waals surface area contributed by atoms with Crippen molar-refractivity contribution in [3.05, 3.63) is 193 Å². The maximum atomic E-state index is 9.22. The second kappa shape index (κ2) is 13.2. The minimum atomic E-state index is 0.0653. The molecule has 3 heterocycles. The number of hydrogen-bond acceptors (Lipinski definition) is 4. The van der Waals surface area contributed by atoms with Gasteiger partial charge in [0.1, 0.15) is 33.5 Å². The molecule has 268 valence electrons. The lowest BCUT2D eigenvalue weighted by atomic mass is 9.99. The molecule has 0 aliphatic rings. The van der Waals surface area contributed by atoms with E-state index in [9.17, 15) is 5.41 Å². The molecular formula is C51H31N3O3. The Hall–Kier alpha value is -7.83. The number of nitrogens with zero attached hydrogens (tertiary/aromatic N) is 2. The van der Waals surface area contributed by atoms with E-state index in [1.54, 1.807) is 6.21 Å². The van der Waals surface area contributed by atoms with E-state index >= 15 is 0 Å². The van der Waals surface area contributed by atoms with Gasteiger partial charge in [-0.3, -0.25) is 5.41 Å². The highest BCUT2D eigenvalue weighted by molar-refractivity contribution is 6.17. The molecule has 0 saturated heterocycles. The topological polar surface area (TPSA) is 88.0 Å². The number of amidine groups is 2. The van der Waals surface area contributed by atoms with Gasteiger partial charge in [0, 0.05) is 55.2 Å². The fourth-order valence-corrected chi connectivity index (χ4v) is 7.93. The molecule has 0 fully saturated rings. The summed E-state index contributed by atoms with van der Waals surface area (Å²) in [5.74, 6) is 0.454. The Morgan fingerprint density at radius 2 is 1.07 bits per heavy atom. The van der Waals surface area contributed by atoms with Gasteiger partial charge in [0.2, 0.25) is 0 Å². The SMILES string of the molecule is N=C(N=C(N=Cc1ccc2c(c1)oc1cccc(-c3ccccc3)c12)c1cccc(-c2cccc3c2oc2ccccc23)c1)c1ccc2c(c1)oc1ccccc12. The van der Waals surface area contributed by atoms with Crippen LogP contribution >= 0.6 is 0 Å². The van der Waals surface area contributed by atoms with Crippen LogP contribution in [0.5, 0.6) is 0 Å². The lowest BCUT2D eigenvalue weighted by molar-refractivity contribution is 0.668. The number of aliphatic imine (C=N–C) groups is 2. The van der Waals surface area contributed by atoms with Gasteiger partial charge in [-0.05, 0) is 70.8 Å². The van der Waals surface area contributed by atoms with E-state index in [1.807, 2.05) is 103 Å². The molecule has 3 aromatic heterocycles. The third-order valence-corrected chi connectivity index (χ3v) is 10.6. The fourth-order valence-electron chi connectivity index (χ4n) is 7.93. The Labute approximate surface area is 326 Å². The third kappa shape index (κ3) is 5.62. The second-order valence-corrected chi connectivity index (χ2v) is 14.1. The van der Waals surface area contributed by atoms with E-state index in [0.29, 0.717) is 17.0 Å². The average molecular weight is 734 g/mol. The lowest BCUT2D eigenvalue weighted by Gasteiger charge is -2.08. The van der Waals surface area contributed by atoms with Crippen molar-refractivity contribution in [3.8, 4) is 22.3 Å². The molecule has 0 aliphatic heterocycles. The Morgan fingerprint density at radius 1 is 0.439 bits per heavy atom. The molecule has 0 unspecified atom stereocenters. The molecule has 11 rings (SSSR count). The molecule has 0 radical (unpaired) electrons. The van der Waals surface area contributed by atoms with Crippen molar-refractivity contribution in [3.63, 3.8) is 0 Å². The molecule has 0 atom stereocenters. The third-order valence-electron chi connectivity index (χ3n) is 10.6. The van der Waals surface area contributed by atoms with Crippen molar-refractivity contribution in [2.24, 2.45) is 9.98 Å². The Balaban J connectivity index is 1.02. The zero-order chi connectivity index (χ0) is 37.9. The van der Waals surface area contributed by atoms with Crippen LogP contribution in [0.3, 0.4) is 0 Å². The summed E-state index contributed by atoms with van der Waals surface area (Å²) in [6.07, 6.45) is 1.78. The summed E-state index contributed by atoms with van der Waals surface area (Å²) >= 11 is 0. The number of nitrogens with one attached hydrogen (secondary N) is 1. The van der Waals surface area contributed by atoms with Crippen molar-refractivity contribution in [2.45, 2.75) is 0 Å². The van der Waals surface area contributed by atoms with Gasteiger partial charge in [-0.1, -0.05) is 127 Å². The fraction of sp³-hybridized carbons (Fsp3) is 0. The quantitative estimate of drug-likeness (QED) is 0.141. The summed E-state index contributed by atoms with van der Waals surface area (Å²) < 4.78 is 19.0. The molecule has 0 spiro atoms. The second-order valence-electron chi connectivity index (χ2n) is 14.1. The predicted molar refractivity (Wildman–Crippen MR) is 233 cm³/mol. The Morgan fingerprint density at radius 3 is 1.95 bits per heavy atom.